The second-order valence-corrected chi connectivity index (χ2v) is 6.85. The summed E-state index contributed by atoms with van der Waals surface area (Å²) in [6.45, 7) is 0.379. The van der Waals surface area contributed by atoms with E-state index in [0.29, 0.717) is 13.0 Å². The molecule has 0 aliphatic carbocycles. The topological polar surface area (TPSA) is 55.8 Å². The van der Waals surface area contributed by atoms with Gasteiger partial charge in [-0.3, -0.25) is 9.59 Å². The van der Waals surface area contributed by atoms with Crippen molar-refractivity contribution in [1.29, 1.82) is 0 Å². The summed E-state index contributed by atoms with van der Waals surface area (Å²) in [4.78, 5) is 27.5. The van der Waals surface area contributed by atoms with E-state index in [0.717, 1.165) is 11.1 Å². The lowest BCUT2D eigenvalue weighted by Gasteiger charge is -2.40. The van der Waals surface area contributed by atoms with Crippen molar-refractivity contribution in [2.75, 3.05) is 13.7 Å². The molecule has 0 bridgehead atoms. The van der Waals surface area contributed by atoms with Crippen LogP contribution in [0.15, 0.2) is 54.6 Å². The first kappa shape index (κ1) is 17.7. The van der Waals surface area contributed by atoms with Crippen molar-refractivity contribution in [3.8, 4) is 0 Å². The van der Waals surface area contributed by atoms with Crippen molar-refractivity contribution >= 4 is 11.9 Å². The highest BCUT2D eigenvalue weighted by Gasteiger charge is 2.52. The normalized spacial score (nSPS) is 27.3. The number of benzene rings is 2. The fourth-order valence-corrected chi connectivity index (χ4v) is 4.09. The van der Waals surface area contributed by atoms with E-state index < -0.39 is 24.0 Å². The number of fused-ring (bicyclic) bond motifs is 1. The minimum Gasteiger partial charge on any atom is -0.468 e. The predicted octanol–water partition coefficient (Wildman–Crippen LogP) is 3.03. The number of esters is 1. The average Bonchev–Trinajstić information content (AvgIpc) is 3.13. The SMILES string of the molecule is COC(=O)[C@H]1C(=O)N2[C@H](C[C@@H]1c1ccc(F)cc1)OC[C@H]2c1ccccc1. The molecule has 2 aromatic carbocycles. The van der Waals surface area contributed by atoms with Crippen LogP contribution >= 0.6 is 0 Å². The smallest absolute Gasteiger partial charge is 0.318 e. The number of nitrogens with zero attached hydrogens (tertiary/aromatic N) is 1. The lowest BCUT2D eigenvalue weighted by Crippen LogP contribution is -2.51. The van der Waals surface area contributed by atoms with E-state index in [4.69, 9.17) is 9.47 Å². The molecular formula is C21H20FNO4. The quantitative estimate of drug-likeness (QED) is 0.616. The van der Waals surface area contributed by atoms with Crippen LogP contribution < -0.4 is 0 Å². The van der Waals surface area contributed by atoms with Crippen LogP contribution in [0.25, 0.3) is 0 Å². The Morgan fingerprint density at radius 2 is 1.81 bits per heavy atom. The Labute approximate surface area is 156 Å². The molecule has 0 saturated carbocycles. The predicted molar refractivity (Wildman–Crippen MR) is 95.0 cm³/mol. The van der Waals surface area contributed by atoms with Crippen LogP contribution in [0.5, 0.6) is 0 Å². The van der Waals surface area contributed by atoms with Gasteiger partial charge in [0.1, 0.15) is 18.0 Å². The van der Waals surface area contributed by atoms with E-state index in [9.17, 15) is 14.0 Å². The van der Waals surface area contributed by atoms with Crippen molar-refractivity contribution in [2.45, 2.75) is 24.6 Å². The average molecular weight is 369 g/mol. The highest BCUT2D eigenvalue weighted by Crippen LogP contribution is 2.44. The van der Waals surface area contributed by atoms with Gasteiger partial charge in [-0.2, -0.15) is 0 Å². The fraction of sp³-hybridized carbons (Fsp3) is 0.333. The molecule has 1 amide bonds. The summed E-state index contributed by atoms with van der Waals surface area (Å²) in [5.74, 6) is -2.63. The van der Waals surface area contributed by atoms with Crippen molar-refractivity contribution < 1.29 is 23.5 Å². The molecule has 4 atom stereocenters. The number of ether oxygens (including phenoxy) is 2. The van der Waals surface area contributed by atoms with Crippen LogP contribution in [0.3, 0.4) is 0 Å². The minimum atomic E-state index is -0.968. The first-order chi connectivity index (χ1) is 13.1. The van der Waals surface area contributed by atoms with Gasteiger partial charge in [0.25, 0.3) is 0 Å². The van der Waals surface area contributed by atoms with Gasteiger partial charge in [0.05, 0.1) is 19.8 Å². The van der Waals surface area contributed by atoms with Crippen molar-refractivity contribution in [3.05, 3.63) is 71.5 Å². The number of methoxy groups -OCH3 is 1. The second-order valence-electron chi connectivity index (χ2n) is 6.85. The van der Waals surface area contributed by atoms with Gasteiger partial charge in [0.15, 0.2) is 0 Å². The number of hydrogen-bond donors (Lipinski definition) is 0. The maximum Gasteiger partial charge on any atom is 0.318 e. The first-order valence-corrected chi connectivity index (χ1v) is 8.92. The van der Waals surface area contributed by atoms with Gasteiger partial charge in [-0.15, -0.1) is 0 Å². The molecule has 0 N–H and O–H groups in total. The van der Waals surface area contributed by atoms with E-state index in [1.54, 1.807) is 17.0 Å². The molecule has 0 aromatic heterocycles. The molecule has 0 unspecified atom stereocenters. The molecule has 2 fully saturated rings. The maximum atomic E-state index is 13.3. The number of carbonyl (C=O) groups is 2. The van der Waals surface area contributed by atoms with E-state index in [-0.39, 0.29) is 17.8 Å². The standard InChI is InChI=1S/C21H20FNO4/c1-26-21(25)19-16(13-7-9-15(22)10-8-13)11-18-23(20(19)24)17(12-27-18)14-5-3-2-4-6-14/h2-10,16-19H,11-12H2,1H3/t16-,17+,18+,19-/m1/s1. The van der Waals surface area contributed by atoms with Crippen LogP contribution in [0.2, 0.25) is 0 Å². The van der Waals surface area contributed by atoms with Gasteiger partial charge in [-0.25, -0.2) is 4.39 Å². The first-order valence-electron chi connectivity index (χ1n) is 8.92. The van der Waals surface area contributed by atoms with E-state index in [1.807, 2.05) is 30.3 Å². The number of rotatable bonds is 3. The zero-order valence-corrected chi connectivity index (χ0v) is 14.9. The number of hydrogen-bond acceptors (Lipinski definition) is 4. The summed E-state index contributed by atoms with van der Waals surface area (Å²) in [7, 11) is 1.28. The maximum absolute atomic E-state index is 13.3. The number of piperidine rings is 1. The van der Waals surface area contributed by atoms with Crippen molar-refractivity contribution in [3.63, 3.8) is 0 Å². The fourth-order valence-electron chi connectivity index (χ4n) is 4.09. The number of carbonyl (C=O) groups excluding carboxylic acids is 2. The van der Waals surface area contributed by atoms with Gasteiger partial charge >= 0.3 is 5.97 Å². The summed E-state index contributed by atoms with van der Waals surface area (Å²) in [5, 5.41) is 0. The van der Waals surface area contributed by atoms with Gasteiger partial charge in [-0.05, 0) is 23.3 Å². The van der Waals surface area contributed by atoms with Crippen molar-refractivity contribution in [2.24, 2.45) is 5.92 Å². The Bertz CT molecular complexity index is 839. The largest absolute Gasteiger partial charge is 0.468 e. The number of halogens is 1. The van der Waals surface area contributed by atoms with Gasteiger partial charge < -0.3 is 14.4 Å². The van der Waals surface area contributed by atoms with Gasteiger partial charge in [-0.1, -0.05) is 42.5 Å². The summed E-state index contributed by atoms with van der Waals surface area (Å²) < 4.78 is 24.1. The van der Waals surface area contributed by atoms with Gasteiger partial charge in [0.2, 0.25) is 5.91 Å². The molecule has 6 heteroatoms. The molecule has 2 aliphatic heterocycles. The Morgan fingerprint density at radius 1 is 1.11 bits per heavy atom. The molecule has 2 aliphatic rings. The second kappa shape index (κ2) is 7.12. The third kappa shape index (κ3) is 3.10. The highest BCUT2D eigenvalue weighted by atomic mass is 19.1. The Kier molecular flexibility index (Phi) is 4.66. The number of amides is 1. The van der Waals surface area contributed by atoms with Gasteiger partial charge in [0, 0.05) is 12.3 Å². The third-order valence-corrected chi connectivity index (χ3v) is 5.41. The highest BCUT2D eigenvalue weighted by molar-refractivity contribution is 6.00. The summed E-state index contributed by atoms with van der Waals surface area (Å²) in [6.07, 6.45) is 0.0409. The molecule has 0 radical (unpaired) electrons. The minimum absolute atomic E-state index is 0.231. The Balaban J connectivity index is 1.69. The summed E-state index contributed by atoms with van der Waals surface area (Å²) in [5.41, 5.74) is 1.70. The van der Waals surface area contributed by atoms with E-state index >= 15 is 0 Å². The van der Waals surface area contributed by atoms with Crippen LogP contribution in [0.1, 0.15) is 29.5 Å². The molecule has 0 spiro atoms. The summed E-state index contributed by atoms with van der Waals surface area (Å²) in [6, 6.07) is 15.3. The summed E-state index contributed by atoms with van der Waals surface area (Å²) >= 11 is 0. The monoisotopic (exact) mass is 369 g/mol. The molecule has 2 heterocycles. The third-order valence-electron chi connectivity index (χ3n) is 5.41. The molecule has 27 heavy (non-hydrogen) atoms. The molecule has 4 rings (SSSR count). The molecule has 2 aromatic rings. The lowest BCUT2D eigenvalue weighted by molar-refractivity contribution is -0.163. The molecule has 140 valence electrons. The van der Waals surface area contributed by atoms with Crippen molar-refractivity contribution in [1.82, 2.24) is 4.90 Å². The zero-order chi connectivity index (χ0) is 19.0. The molecular weight excluding hydrogens is 349 g/mol. The zero-order valence-electron chi connectivity index (χ0n) is 14.9. The molecule has 2 saturated heterocycles. The van der Waals surface area contributed by atoms with Crippen LogP contribution in [-0.2, 0) is 19.1 Å². The Morgan fingerprint density at radius 3 is 2.48 bits per heavy atom. The lowest BCUT2D eigenvalue weighted by atomic mass is 9.78. The molecule has 5 nitrogen and oxygen atoms in total. The Hall–Kier alpha value is -2.73. The van der Waals surface area contributed by atoms with E-state index in [2.05, 4.69) is 0 Å². The van der Waals surface area contributed by atoms with E-state index in [1.165, 1.54) is 19.2 Å². The van der Waals surface area contributed by atoms with Crippen LogP contribution in [0.4, 0.5) is 4.39 Å². The van der Waals surface area contributed by atoms with Crippen LogP contribution in [0, 0.1) is 11.7 Å². The van der Waals surface area contributed by atoms with Crippen LogP contribution in [-0.4, -0.2) is 36.7 Å².